The number of rotatable bonds is 12. The molecular formula is C36H42F3N5O5. The zero-order valence-corrected chi connectivity index (χ0v) is 27.7. The number of benzene rings is 3. The van der Waals surface area contributed by atoms with E-state index in [1.807, 2.05) is 24.3 Å². The van der Waals surface area contributed by atoms with E-state index < -0.39 is 35.4 Å². The van der Waals surface area contributed by atoms with Gasteiger partial charge in [0.1, 0.15) is 5.60 Å². The number of anilines is 3. The van der Waals surface area contributed by atoms with Gasteiger partial charge in [0.2, 0.25) is 11.8 Å². The number of carbonyl (C=O) groups is 3. The molecule has 1 heterocycles. The Balaban J connectivity index is 1.37. The maximum atomic E-state index is 13.3. The van der Waals surface area contributed by atoms with Crippen LogP contribution < -0.4 is 21.3 Å². The number of hydrogen-bond donors (Lipinski definition) is 4. The third-order valence-electron chi connectivity index (χ3n) is 7.39. The zero-order chi connectivity index (χ0) is 35.4. The second-order valence-corrected chi connectivity index (χ2v) is 12.5. The normalized spacial score (nSPS) is 14.7. The van der Waals surface area contributed by atoms with Crippen molar-refractivity contribution in [2.45, 2.75) is 45.0 Å². The van der Waals surface area contributed by atoms with Crippen LogP contribution in [0.5, 0.6) is 0 Å². The zero-order valence-electron chi connectivity index (χ0n) is 27.7. The number of alkyl halides is 3. The monoisotopic (exact) mass is 681 g/mol. The molecule has 0 saturated carbocycles. The molecule has 1 aliphatic rings. The predicted octanol–water partition coefficient (Wildman–Crippen LogP) is 6.18. The molecule has 0 spiro atoms. The van der Waals surface area contributed by atoms with Crippen molar-refractivity contribution in [3.8, 4) is 0 Å². The minimum atomic E-state index is -4.47. The van der Waals surface area contributed by atoms with Crippen LogP contribution in [-0.2, 0) is 31.7 Å². The van der Waals surface area contributed by atoms with Gasteiger partial charge in [-0.15, -0.1) is 0 Å². The summed E-state index contributed by atoms with van der Waals surface area (Å²) in [6.45, 7) is 9.40. The number of nitrogens with zero attached hydrogens (tertiary/aromatic N) is 1. The summed E-state index contributed by atoms with van der Waals surface area (Å²) in [5.74, 6) is -0.782. The van der Waals surface area contributed by atoms with Crippen LogP contribution in [0.25, 0.3) is 6.08 Å². The third-order valence-corrected chi connectivity index (χ3v) is 7.39. The molecule has 1 unspecified atom stereocenters. The van der Waals surface area contributed by atoms with Crippen LogP contribution in [0.1, 0.15) is 37.5 Å². The number of nitrogens with one attached hydrogen (secondary N) is 4. The molecule has 3 amide bonds. The van der Waals surface area contributed by atoms with Gasteiger partial charge in [-0.1, -0.05) is 36.4 Å². The molecule has 1 atom stereocenters. The van der Waals surface area contributed by atoms with E-state index in [0.29, 0.717) is 44.1 Å². The number of halogens is 3. The molecule has 10 nitrogen and oxygen atoms in total. The number of amides is 3. The fourth-order valence-electron chi connectivity index (χ4n) is 4.91. The van der Waals surface area contributed by atoms with Gasteiger partial charge >= 0.3 is 12.3 Å². The Morgan fingerprint density at radius 3 is 2.12 bits per heavy atom. The Bertz CT molecular complexity index is 1580. The number of carbonyl (C=O) groups excluding carboxylic acids is 3. The van der Waals surface area contributed by atoms with Gasteiger partial charge in [0, 0.05) is 37.9 Å². The summed E-state index contributed by atoms with van der Waals surface area (Å²) in [6, 6.07) is 17.8. The molecule has 0 aromatic heterocycles. The van der Waals surface area contributed by atoms with Crippen LogP contribution in [0.15, 0.2) is 78.9 Å². The van der Waals surface area contributed by atoms with Gasteiger partial charge < -0.3 is 25.4 Å². The highest BCUT2D eigenvalue weighted by atomic mass is 19.4. The van der Waals surface area contributed by atoms with Crippen molar-refractivity contribution in [2.75, 3.05) is 55.3 Å². The summed E-state index contributed by atoms with van der Waals surface area (Å²) in [4.78, 5) is 40.5. The maximum absolute atomic E-state index is 13.3. The van der Waals surface area contributed by atoms with Crippen molar-refractivity contribution in [1.82, 2.24) is 10.2 Å². The molecule has 0 bridgehead atoms. The molecule has 4 N–H and O–H groups in total. The fourth-order valence-corrected chi connectivity index (χ4v) is 4.91. The van der Waals surface area contributed by atoms with Gasteiger partial charge in [-0.3, -0.25) is 19.8 Å². The van der Waals surface area contributed by atoms with Gasteiger partial charge in [-0.2, -0.15) is 13.2 Å². The van der Waals surface area contributed by atoms with E-state index in [9.17, 15) is 27.6 Å². The Kier molecular flexibility index (Phi) is 12.9. The standard InChI is InChI=1S/C36H42F3N5O5/c1-35(2,3)49-34(47)43-30-7-5-4-6-29(30)42-32(45)17-12-25-8-10-26(11-9-25)24-31(40-18-19-44-20-22-48-23-21-44)33(46)41-28-15-13-27(14-16-28)36(37,38)39/h4-17,31,40H,18-24H2,1-3H3,(H,41,46)(H,42,45)(H,43,47)/b17-12+. The molecule has 1 aliphatic heterocycles. The van der Waals surface area contributed by atoms with Crippen molar-refractivity contribution < 1.29 is 37.0 Å². The summed E-state index contributed by atoms with van der Waals surface area (Å²) in [5.41, 5.74) is 1.17. The van der Waals surface area contributed by atoms with Crippen LogP contribution in [0.3, 0.4) is 0 Å². The van der Waals surface area contributed by atoms with Crippen LogP contribution in [-0.4, -0.2) is 73.8 Å². The first kappa shape index (κ1) is 37.1. The van der Waals surface area contributed by atoms with Crippen LogP contribution in [0.2, 0.25) is 0 Å². The minimum absolute atomic E-state index is 0.264. The van der Waals surface area contributed by atoms with Gasteiger partial charge in [0.25, 0.3) is 0 Å². The highest BCUT2D eigenvalue weighted by molar-refractivity contribution is 6.05. The second-order valence-electron chi connectivity index (χ2n) is 12.5. The van der Waals surface area contributed by atoms with E-state index in [1.165, 1.54) is 18.2 Å². The van der Waals surface area contributed by atoms with Gasteiger partial charge in [0.15, 0.2) is 0 Å². The lowest BCUT2D eigenvalue weighted by Crippen LogP contribution is -2.46. The van der Waals surface area contributed by atoms with Crippen molar-refractivity contribution in [1.29, 1.82) is 0 Å². The first-order valence-corrected chi connectivity index (χ1v) is 15.9. The lowest BCUT2D eigenvalue weighted by atomic mass is 10.0. The summed E-state index contributed by atoms with van der Waals surface area (Å²) in [5, 5.41) is 11.4. The van der Waals surface area contributed by atoms with Crippen molar-refractivity contribution in [2.24, 2.45) is 0 Å². The molecule has 3 aromatic rings. The Hall–Kier alpha value is -4.72. The van der Waals surface area contributed by atoms with Crippen LogP contribution in [0, 0.1) is 0 Å². The van der Waals surface area contributed by atoms with E-state index in [-0.39, 0.29) is 11.6 Å². The first-order valence-electron chi connectivity index (χ1n) is 15.9. The number of hydrogen-bond acceptors (Lipinski definition) is 7. The van der Waals surface area contributed by atoms with Crippen LogP contribution in [0.4, 0.5) is 35.0 Å². The van der Waals surface area contributed by atoms with Crippen molar-refractivity contribution in [3.05, 3.63) is 95.6 Å². The summed E-state index contributed by atoms with van der Waals surface area (Å²) >= 11 is 0. The van der Waals surface area contributed by atoms with E-state index >= 15 is 0 Å². The summed E-state index contributed by atoms with van der Waals surface area (Å²) in [6.07, 6.45) is -1.78. The summed E-state index contributed by atoms with van der Waals surface area (Å²) in [7, 11) is 0. The van der Waals surface area contributed by atoms with E-state index in [1.54, 1.807) is 51.1 Å². The molecule has 1 saturated heterocycles. The third kappa shape index (κ3) is 12.7. The Morgan fingerprint density at radius 2 is 1.51 bits per heavy atom. The molecule has 1 fully saturated rings. The van der Waals surface area contributed by atoms with Crippen molar-refractivity contribution in [3.63, 3.8) is 0 Å². The number of ether oxygens (including phenoxy) is 2. The molecule has 49 heavy (non-hydrogen) atoms. The lowest BCUT2D eigenvalue weighted by molar-refractivity contribution is -0.137. The Morgan fingerprint density at radius 1 is 0.878 bits per heavy atom. The molecule has 0 radical (unpaired) electrons. The molecule has 0 aliphatic carbocycles. The summed E-state index contributed by atoms with van der Waals surface area (Å²) < 4.78 is 49.7. The molecule has 13 heteroatoms. The Labute approximate surface area is 284 Å². The smallest absolute Gasteiger partial charge is 0.416 e. The number of para-hydroxylation sites is 2. The number of morpholine rings is 1. The fraction of sp³-hybridized carbons (Fsp3) is 0.361. The van der Waals surface area contributed by atoms with Crippen LogP contribution >= 0.6 is 0 Å². The molecular weight excluding hydrogens is 639 g/mol. The quantitative estimate of drug-likeness (QED) is 0.169. The SMILES string of the molecule is CC(C)(C)OC(=O)Nc1ccccc1NC(=O)/C=C/c1ccc(CC(NCCN2CCOCC2)C(=O)Nc2ccc(C(F)(F)F)cc2)cc1. The average molecular weight is 682 g/mol. The van der Waals surface area contributed by atoms with Gasteiger partial charge in [-0.25, -0.2) is 4.79 Å². The maximum Gasteiger partial charge on any atom is 0.416 e. The van der Waals surface area contributed by atoms with Gasteiger partial charge in [-0.05, 0) is 80.8 Å². The molecule has 262 valence electrons. The molecule has 4 rings (SSSR count). The largest absolute Gasteiger partial charge is 0.444 e. The highest BCUT2D eigenvalue weighted by Crippen LogP contribution is 2.30. The van der Waals surface area contributed by atoms with E-state index in [0.717, 1.165) is 36.3 Å². The minimum Gasteiger partial charge on any atom is -0.444 e. The topological polar surface area (TPSA) is 121 Å². The molecule has 3 aromatic carbocycles. The average Bonchev–Trinajstić information content (AvgIpc) is 3.04. The van der Waals surface area contributed by atoms with Crippen molar-refractivity contribution >= 4 is 41.0 Å². The van der Waals surface area contributed by atoms with Gasteiger partial charge in [0.05, 0.1) is 36.2 Å². The van der Waals surface area contributed by atoms with E-state index in [2.05, 4.69) is 26.2 Å². The van der Waals surface area contributed by atoms with E-state index in [4.69, 9.17) is 9.47 Å². The second kappa shape index (κ2) is 17.1. The first-order chi connectivity index (χ1) is 23.2. The lowest BCUT2D eigenvalue weighted by Gasteiger charge is -2.27. The highest BCUT2D eigenvalue weighted by Gasteiger charge is 2.30. The predicted molar refractivity (Wildman–Crippen MR) is 183 cm³/mol.